The number of nitrogens with zero attached hydrogens (tertiary/aromatic N) is 1. The Kier molecular flexibility index (Phi) is 3.59. The molecule has 1 aromatic heterocycles. The van der Waals surface area contributed by atoms with Gasteiger partial charge >= 0.3 is 0 Å². The molecule has 5 heteroatoms. The van der Waals surface area contributed by atoms with Crippen LogP contribution < -0.4 is 10.1 Å². The fourth-order valence-electron chi connectivity index (χ4n) is 2.87. The van der Waals surface area contributed by atoms with Gasteiger partial charge in [-0.25, -0.2) is 0 Å². The molecular weight excluding hydrogens is 268 g/mol. The molecule has 2 aromatic rings. The molecule has 0 spiro atoms. The monoisotopic (exact) mass is 288 g/mol. The fraction of sp³-hybridized carbons (Fsp3) is 0.438. The Balaban J connectivity index is 2.03. The number of ether oxygens (including phenoxy) is 2. The molecule has 1 N–H and O–H groups in total. The van der Waals surface area contributed by atoms with Crippen LogP contribution in [0.4, 0.5) is 0 Å². The topological polar surface area (TPSA) is 52.5 Å². The average molecular weight is 288 g/mol. The van der Waals surface area contributed by atoms with Crippen LogP contribution in [0.15, 0.2) is 18.2 Å². The maximum Gasteiger partial charge on any atom is 0.254 e. The lowest BCUT2D eigenvalue weighted by Crippen LogP contribution is -2.35. The van der Waals surface area contributed by atoms with E-state index < -0.39 is 0 Å². The highest BCUT2D eigenvalue weighted by Gasteiger charge is 2.23. The summed E-state index contributed by atoms with van der Waals surface area (Å²) in [6.07, 6.45) is 0.874. The predicted molar refractivity (Wildman–Crippen MR) is 80.9 cm³/mol. The van der Waals surface area contributed by atoms with Crippen LogP contribution in [-0.2, 0) is 11.8 Å². The van der Waals surface area contributed by atoms with Crippen LogP contribution in [0.3, 0.4) is 0 Å². The molecule has 21 heavy (non-hydrogen) atoms. The summed E-state index contributed by atoms with van der Waals surface area (Å²) in [5.41, 5.74) is 2.70. The average Bonchev–Trinajstić information content (AvgIpc) is 3.06. The Morgan fingerprint density at radius 1 is 1.48 bits per heavy atom. The summed E-state index contributed by atoms with van der Waals surface area (Å²) in [6.45, 7) is 3.28. The molecule has 1 saturated heterocycles. The second-order valence-electron chi connectivity index (χ2n) is 5.44. The summed E-state index contributed by atoms with van der Waals surface area (Å²) < 4.78 is 12.6. The minimum absolute atomic E-state index is 0.0400. The number of carbonyl (C=O) groups is 1. The Bertz CT molecular complexity index is 684. The minimum atomic E-state index is -0.0400. The lowest BCUT2D eigenvalue weighted by molar-refractivity contribution is 0.0930. The third-order valence-corrected chi connectivity index (χ3v) is 4.19. The van der Waals surface area contributed by atoms with Crippen molar-refractivity contribution in [3.8, 4) is 5.75 Å². The molecule has 1 aliphatic rings. The van der Waals surface area contributed by atoms with Gasteiger partial charge in [-0.15, -0.1) is 0 Å². The molecule has 0 radical (unpaired) electrons. The number of rotatable bonds is 3. The van der Waals surface area contributed by atoms with Crippen LogP contribution in [0.2, 0.25) is 0 Å². The number of carbonyl (C=O) groups excluding carboxylic acids is 1. The lowest BCUT2D eigenvalue weighted by Gasteiger charge is -2.11. The lowest BCUT2D eigenvalue weighted by atomic mass is 10.1. The van der Waals surface area contributed by atoms with Crippen LogP contribution in [0.5, 0.6) is 5.75 Å². The van der Waals surface area contributed by atoms with Crippen molar-refractivity contribution in [2.45, 2.75) is 19.4 Å². The number of hydrogen-bond acceptors (Lipinski definition) is 3. The number of methoxy groups -OCH3 is 1. The second-order valence-corrected chi connectivity index (χ2v) is 5.44. The zero-order valence-electron chi connectivity index (χ0n) is 12.6. The van der Waals surface area contributed by atoms with E-state index in [9.17, 15) is 4.79 Å². The number of nitrogens with one attached hydrogen (secondary N) is 1. The smallest absolute Gasteiger partial charge is 0.254 e. The van der Waals surface area contributed by atoms with Crippen molar-refractivity contribution in [3.05, 3.63) is 29.5 Å². The molecule has 1 aromatic carbocycles. The van der Waals surface area contributed by atoms with Gasteiger partial charge in [0.2, 0.25) is 0 Å². The first-order chi connectivity index (χ1) is 10.1. The highest BCUT2D eigenvalue weighted by atomic mass is 16.5. The highest BCUT2D eigenvalue weighted by molar-refractivity contribution is 6.08. The van der Waals surface area contributed by atoms with E-state index in [-0.39, 0.29) is 11.9 Å². The zero-order valence-corrected chi connectivity index (χ0v) is 12.6. The highest BCUT2D eigenvalue weighted by Crippen LogP contribution is 2.28. The van der Waals surface area contributed by atoms with Crippen LogP contribution in [0.1, 0.15) is 22.5 Å². The largest absolute Gasteiger partial charge is 0.497 e. The van der Waals surface area contributed by atoms with E-state index in [1.54, 1.807) is 7.11 Å². The van der Waals surface area contributed by atoms with Crippen molar-refractivity contribution < 1.29 is 14.3 Å². The summed E-state index contributed by atoms with van der Waals surface area (Å²) in [5, 5.41) is 3.98. The molecule has 0 bridgehead atoms. The molecule has 0 aliphatic carbocycles. The normalized spacial score (nSPS) is 18.1. The van der Waals surface area contributed by atoms with E-state index >= 15 is 0 Å². The molecule has 1 aliphatic heterocycles. The molecule has 112 valence electrons. The molecule has 1 amide bonds. The van der Waals surface area contributed by atoms with Gasteiger partial charge in [0.05, 0.1) is 25.3 Å². The summed E-state index contributed by atoms with van der Waals surface area (Å²) in [7, 11) is 3.60. The first kappa shape index (κ1) is 13.9. The van der Waals surface area contributed by atoms with Crippen LogP contribution in [0.25, 0.3) is 10.9 Å². The van der Waals surface area contributed by atoms with Gasteiger partial charge in [0, 0.05) is 30.3 Å². The molecular formula is C16H20N2O3. The molecule has 1 atom stereocenters. The summed E-state index contributed by atoms with van der Waals surface area (Å²) in [4.78, 5) is 12.6. The predicted octanol–water partition coefficient (Wildman–Crippen LogP) is 2.01. The number of aryl methyl sites for hydroxylation is 1. The summed E-state index contributed by atoms with van der Waals surface area (Å²) >= 11 is 0. The van der Waals surface area contributed by atoms with Gasteiger partial charge in [0.1, 0.15) is 5.75 Å². The van der Waals surface area contributed by atoms with Gasteiger partial charge in [-0.2, -0.15) is 0 Å². The maximum atomic E-state index is 12.6. The Morgan fingerprint density at radius 3 is 2.95 bits per heavy atom. The standard InChI is InChI=1S/C16H20N2O3/c1-10-15(16(19)17-11-6-7-21-9-11)13-8-12(20-3)4-5-14(13)18(10)2/h4-5,8,11H,6-7,9H2,1-3H3,(H,17,19). The molecule has 1 fully saturated rings. The number of benzene rings is 1. The second kappa shape index (κ2) is 5.41. The number of hydrogen-bond donors (Lipinski definition) is 1. The van der Waals surface area contributed by atoms with E-state index in [1.165, 1.54) is 0 Å². The van der Waals surface area contributed by atoms with Crippen LogP contribution in [-0.4, -0.2) is 36.8 Å². The molecule has 5 nitrogen and oxygen atoms in total. The van der Waals surface area contributed by atoms with Crippen molar-refractivity contribution in [2.24, 2.45) is 7.05 Å². The fourth-order valence-corrected chi connectivity index (χ4v) is 2.87. The van der Waals surface area contributed by atoms with Crippen molar-refractivity contribution >= 4 is 16.8 Å². The van der Waals surface area contributed by atoms with Crippen molar-refractivity contribution in [1.29, 1.82) is 0 Å². The Hall–Kier alpha value is -2.01. The van der Waals surface area contributed by atoms with Crippen molar-refractivity contribution in [3.63, 3.8) is 0 Å². The third kappa shape index (κ3) is 2.38. The van der Waals surface area contributed by atoms with Gasteiger partial charge in [-0.1, -0.05) is 0 Å². The van der Waals surface area contributed by atoms with E-state index in [1.807, 2.05) is 36.7 Å². The summed E-state index contributed by atoms with van der Waals surface area (Å²) in [6, 6.07) is 5.92. The van der Waals surface area contributed by atoms with Crippen LogP contribution >= 0.6 is 0 Å². The van der Waals surface area contributed by atoms with Crippen molar-refractivity contribution in [1.82, 2.24) is 9.88 Å². The summed E-state index contributed by atoms with van der Waals surface area (Å²) in [5.74, 6) is 0.716. The van der Waals surface area contributed by atoms with Gasteiger partial charge in [0.15, 0.2) is 0 Å². The maximum absolute atomic E-state index is 12.6. The van der Waals surface area contributed by atoms with Crippen molar-refractivity contribution in [2.75, 3.05) is 20.3 Å². The van der Waals surface area contributed by atoms with Crippen LogP contribution in [0, 0.1) is 6.92 Å². The van der Waals surface area contributed by atoms with E-state index in [0.717, 1.165) is 34.3 Å². The molecule has 3 rings (SSSR count). The quantitative estimate of drug-likeness (QED) is 0.940. The number of amides is 1. The zero-order chi connectivity index (χ0) is 15.0. The molecule has 1 unspecified atom stereocenters. The van der Waals surface area contributed by atoms with Gasteiger partial charge in [-0.3, -0.25) is 4.79 Å². The first-order valence-corrected chi connectivity index (χ1v) is 7.13. The van der Waals surface area contributed by atoms with Gasteiger partial charge in [-0.05, 0) is 31.5 Å². The van der Waals surface area contributed by atoms with Gasteiger partial charge in [0.25, 0.3) is 5.91 Å². The van der Waals surface area contributed by atoms with E-state index in [4.69, 9.17) is 9.47 Å². The Labute approximate surface area is 123 Å². The van der Waals surface area contributed by atoms with E-state index in [2.05, 4.69) is 5.32 Å². The van der Waals surface area contributed by atoms with E-state index in [0.29, 0.717) is 13.2 Å². The minimum Gasteiger partial charge on any atom is -0.497 e. The molecule has 2 heterocycles. The SMILES string of the molecule is COc1ccc2c(c1)c(C(=O)NC1CCOC1)c(C)n2C. The van der Waals surface area contributed by atoms with Gasteiger partial charge < -0.3 is 19.4 Å². The molecule has 0 saturated carbocycles. The third-order valence-electron chi connectivity index (χ3n) is 4.19. The number of fused-ring (bicyclic) bond motifs is 1. The Morgan fingerprint density at radius 2 is 2.29 bits per heavy atom. The number of aromatic nitrogens is 1. The first-order valence-electron chi connectivity index (χ1n) is 7.13.